The highest BCUT2D eigenvalue weighted by Crippen LogP contribution is 2.22. The smallest absolute Gasteiger partial charge is 0.238 e. The summed E-state index contributed by atoms with van der Waals surface area (Å²) in [7, 11) is -3.65. The van der Waals surface area contributed by atoms with E-state index in [2.05, 4.69) is 0 Å². The molecule has 0 fully saturated rings. The minimum absolute atomic E-state index is 0.0931. The van der Waals surface area contributed by atoms with Gasteiger partial charge in [-0.25, -0.2) is 13.6 Å². The fraction of sp³-hybridized carbons (Fsp3) is 0.250. The van der Waals surface area contributed by atoms with Crippen LogP contribution in [0.1, 0.15) is 11.1 Å². The molecular formula is C8H12N2O2S. The van der Waals surface area contributed by atoms with Crippen LogP contribution in [-0.4, -0.2) is 8.42 Å². The van der Waals surface area contributed by atoms with Gasteiger partial charge in [0, 0.05) is 5.69 Å². The van der Waals surface area contributed by atoms with Gasteiger partial charge >= 0.3 is 0 Å². The summed E-state index contributed by atoms with van der Waals surface area (Å²) in [6.07, 6.45) is 0. The molecule has 1 aromatic rings. The van der Waals surface area contributed by atoms with Crippen LogP contribution in [0.2, 0.25) is 0 Å². The first kappa shape index (κ1) is 10.0. The number of primary sulfonamides is 1. The molecule has 0 aliphatic rings. The van der Waals surface area contributed by atoms with Crippen molar-refractivity contribution in [1.29, 1.82) is 0 Å². The zero-order chi connectivity index (χ0) is 10.2. The van der Waals surface area contributed by atoms with E-state index in [0.29, 0.717) is 11.3 Å². The van der Waals surface area contributed by atoms with Gasteiger partial charge in [-0.1, -0.05) is 6.07 Å². The molecule has 0 heterocycles. The van der Waals surface area contributed by atoms with Gasteiger partial charge in [0.1, 0.15) is 0 Å². The molecule has 0 radical (unpaired) electrons. The second-order valence-corrected chi connectivity index (χ2v) is 4.49. The van der Waals surface area contributed by atoms with E-state index < -0.39 is 10.0 Å². The van der Waals surface area contributed by atoms with Gasteiger partial charge < -0.3 is 5.73 Å². The number of anilines is 1. The van der Waals surface area contributed by atoms with E-state index in [9.17, 15) is 8.42 Å². The number of rotatable bonds is 1. The predicted octanol–water partition coefficient (Wildman–Crippen LogP) is 0.533. The van der Waals surface area contributed by atoms with E-state index in [-0.39, 0.29) is 4.90 Å². The molecule has 0 aliphatic heterocycles. The molecule has 72 valence electrons. The van der Waals surface area contributed by atoms with Crippen LogP contribution in [-0.2, 0) is 10.0 Å². The van der Waals surface area contributed by atoms with Crippen molar-refractivity contribution in [2.45, 2.75) is 18.7 Å². The van der Waals surface area contributed by atoms with Gasteiger partial charge in [0.05, 0.1) is 4.90 Å². The van der Waals surface area contributed by atoms with Gasteiger partial charge in [-0.3, -0.25) is 0 Å². The Morgan fingerprint density at radius 1 is 1.23 bits per heavy atom. The summed E-state index contributed by atoms with van der Waals surface area (Å²) >= 11 is 0. The summed E-state index contributed by atoms with van der Waals surface area (Å²) < 4.78 is 22.1. The van der Waals surface area contributed by atoms with E-state index in [1.165, 1.54) is 6.07 Å². The number of sulfonamides is 1. The minimum atomic E-state index is -3.65. The molecule has 0 aromatic heterocycles. The Morgan fingerprint density at radius 2 is 1.77 bits per heavy atom. The minimum Gasteiger partial charge on any atom is -0.398 e. The molecule has 13 heavy (non-hydrogen) atoms. The summed E-state index contributed by atoms with van der Waals surface area (Å²) in [5, 5.41) is 4.99. The van der Waals surface area contributed by atoms with Gasteiger partial charge in [-0.2, -0.15) is 0 Å². The first-order valence-corrected chi connectivity index (χ1v) is 5.27. The molecule has 0 amide bonds. The van der Waals surface area contributed by atoms with Crippen LogP contribution in [0.15, 0.2) is 17.0 Å². The third-order valence-corrected chi connectivity index (χ3v) is 3.04. The van der Waals surface area contributed by atoms with E-state index in [1.807, 2.05) is 6.92 Å². The van der Waals surface area contributed by atoms with Gasteiger partial charge in [0.25, 0.3) is 0 Å². The Kier molecular flexibility index (Phi) is 2.32. The SMILES string of the molecule is Cc1ccc(S(N)(=O)=O)c(C)c1N. The lowest BCUT2D eigenvalue weighted by Crippen LogP contribution is -2.14. The van der Waals surface area contributed by atoms with Crippen LogP contribution in [0.25, 0.3) is 0 Å². The second kappa shape index (κ2) is 3.01. The molecule has 1 aromatic carbocycles. The molecule has 4 N–H and O–H groups in total. The number of nitrogen functional groups attached to an aromatic ring is 1. The Bertz CT molecular complexity index is 438. The summed E-state index contributed by atoms with van der Waals surface area (Å²) in [6, 6.07) is 3.11. The van der Waals surface area contributed by atoms with Crippen LogP contribution >= 0.6 is 0 Å². The molecule has 0 atom stereocenters. The Balaban J connectivity index is 3.53. The molecule has 0 unspecified atom stereocenters. The highest BCUT2D eigenvalue weighted by molar-refractivity contribution is 7.89. The molecule has 0 aliphatic carbocycles. The van der Waals surface area contributed by atoms with E-state index in [0.717, 1.165) is 5.56 Å². The summed E-state index contributed by atoms with van der Waals surface area (Å²) in [5.74, 6) is 0. The maximum absolute atomic E-state index is 11.0. The molecule has 0 saturated carbocycles. The zero-order valence-corrected chi connectivity index (χ0v) is 8.35. The zero-order valence-electron chi connectivity index (χ0n) is 7.53. The van der Waals surface area contributed by atoms with Gasteiger partial charge in [-0.05, 0) is 31.0 Å². The average molecular weight is 200 g/mol. The molecule has 0 spiro atoms. The number of aryl methyl sites for hydroxylation is 1. The number of nitrogens with two attached hydrogens (primary N) is 2. The fourth-order valence-corrected chi connectivity index (χ4v) is 1.95. The molecule has 0 saturated heterocycles. The van der Waals surface area contributed by atoms with Crippen molar-refractivity contribution in [3.05, 3.63) is 23.3 Å². The summed E-state index contributed by atoms with van der Waals surface area (Å²) in [4.78, 5) is 0.0931. The maximum atomic E-state index is 11.0. The number of benzene rings is 1. The molecular weight excluding hydrogens is 188 g/mol. The largest absolute Gasteiger partial charge is 0.398 e. The predicted molar refractivity (Wildman–Crippen MR) is 51.7 cm³/mol. The first-order chi connectivity index (χ1) is 5.84. The number of hydrogen-bond acceptors (Lipinski definition) is 3. The Morgan fingerprint density at radius 3 is 2.23 bits per heavy atom. The van der Waals surface area contributed by atoms with Crippen molar-refractivity contribution in [3.8, 4) is 0 Å². The Labute approximate surface area is 77.6 Å². The van der Waals surface area contributed by atoms with E-state index >= 15 is 0 Å². The quantitative estimate of drug-likeness (QED) is 0.648. The lowest BCUT2D eigenvalue weighted by Gasteiger charge is -2.08. The summed E-state index contributed by atoms with van der Waals surface area (Å²) in [6.45, 7) is 3.46. The van der Waals surface area contributed by atoms with E-state index in [1.54, 1.807) is 13.0 Å². The maximum Gasteiger partial charge on any atom is 0.238 e. The van der Waals surface area contributed by atoms with Crippen LogP contribution in [0, 0.1) is 13.8 Å². The third-order valence-electron chi connectivity index (χ3n) is 1.99. The normalized spacial score (nSPS) is 11.6. The van der Waals surface area contributed by atoms with Crippen molar-refractivity contribution in [2.75, 3.05) is 5.73 Å². The molecule has 4 nitrogen and oxygen atoms in total. The van der Waals surface area contributed by atoms with Gasteiger partial charge in [-0.15, -0.1) is 0 Å². The van der Waals surface area contributed by atoms with Crippen LogP contribution in [0.4, 0.5) is 5.69 Å². The van der Waals surface area contributed by atoms with Crippen LogP contribution < -0.4 is 10.9 Å². The van der Waals surface area contributed by atoms with Crippen molar-refractivity contribution >= 4 is 15.7 Å². The first-order valence-electron chi connectivity index (χ1n) is 3.72. The molecule has 0 bridgehead atoms. The third kappa shape index (κ3) is 1.81. The monoisotopic (exact) mass is 200 g/mol. The highest BCUT2D eigenvalue weighted by atomic mass is 32.2. The topological polar surface area (TPSA) is 86.2 Å². The fourth-order valence-electron chi connectivity index (χ4n) is 1.15. The van der Waals surface area contributed by atoms with Crippen molar-refractivity contribution in [2.24, 2.45) is 5.14 Å². The second-order valence-electron chi connectivity index (χ2n) is 2.96. The molecule has 1 rings (SSSR count). The summed E-state index contributed by atoms with van der Waals surface area (Å²) in [5.41, 5.74) is 7.51. The molecule has 5 heteroatoms. The van der Waals surface area contributed by atoms with E-state index in [4.69, 9.17) is 10.9 Å². The van der Waals surface area contributed by atoms with Crippen molar-refractivity contribution in [1.82, 2.24) is 0 Å². The van der Waals surface area contributed by atoms with Crippen molar-refractivity contribution in [3.63, 3.8) is 0 Å². The van der Waals surface area contributed by atoms with Gasteiger partial charge in [0.2, 0.25) is 10.0 Å². The van der Waals surface area contributed by atoms with Crippen molar-refractivity contribution < 1.29 is 8.42 Å². The van der Waals surface area contributed by atoms with Gasteiger partial charge in [0.15, 0.2) is 0 Å². The average Bonchev–Trinajstić information content (AvgIpc) is 1.98. The lowest BCUT2D eigenvalue weighted by molar-refractivity contribution is 0.597. The highest BCUT2D eigenvalue weighted by Gasteiger charge is 2.13. The lowest BCUT2D eigenvalue weighted by atomic mass is 10.1. The Hall–Kier alpha value is -1.07. The van der Waals surface area contributed by atoms with Crippen LogP contribution in [0.3, 0.4) is 0 Å². The van der Waals surface area contributed by atoms with Crippen LogP contribution in [0.5, 0.6) is 0 Å². The number of hydrogen-bond donors (Lipinski definition) is 2. The standard InChI is InChI=1S/C8H12N2O2S/c1-5-3-4-7(13(10,11)12)6(2)8(5)9/h3-4H,9H2,1-2H3,(H2,10,11,12).